The number of carbonyl (C=O) groups is 1. The second kappa shape index (κ2) is 13.3. The van der Waals surface area contributed by atoms with Gasteiger partial charge in [0.25, 0.3) is 8.32 Å². The van der Waals surface area contributed by atoms with Crippen LogP contribution in [0.4, 0.5) is 0 Å². The number of Topliss-reactive ketones (excluding diaryl/α,β-unsaturated/α-hetero) is 1. The summed E-state index contributed by atoms with van der Waals surface area (Å²) in [6.45, 7) is 5.47. The van der Waals surface area contributed by atoms with Crippen molar-refractivity contribution in [1.82, 2.24) is 0 Å². The predicted molar refractivity (Wildman–Crippen MR) is 151 cm³/mol. The van der Waals surface area contributed by atoms with E-state index in [1.54, 1.807) is 7.11 Å². The Balaban J connectivity index is 1.32. The molecule has 0 aromatic heterocycles. The summed E-state index contributed by atoms with van der Waals surface area (Å²) < 4.78 is 23.0. The first-order valence-corrected chi connectivity index (χ1v) is 15.7. The van der Waals surface area contributed by atoms with Crippen LogP contribution in [0.2, 0.25) is 5.04 Å². The van der Waals surface area contributed by atoms with Crippen LogP contribution in [0.25, 0.3) is 0 Å². The predicted octanol–water partition coefficient (Wildman–Crippen LogP) is 4.14. The fourth-order valence-electron chi connectivity index (χ4n) is 5.60. The fraction of sp³-hybridized carbons (Fsp3) is 0.516. The summed E-state index contributed by atoms with van der Waals surface area (Å²) in [5, 5.41) is 1.51. The molecule has 0 unspecified atom stereocenters. The molecule has 0 bridgehead atoms. The van der Waals surface area contributed by atoms with Crippen LogP contribution < -0.4 is 10.4 Å². The average Bonchev–Trinajstić information content (AvgIpc) is 3.45. The van der Waals surface area contributed by atoms with E-state index in [2.05, 4.69) is 19.9 Å². The van der Waals surface area contributed by atoms with E-state index < -0.39 is 13.4 Å². The van der Waals surface area contributed by atoms with E-state index in [1.165, 1.54) is 0 Å². The van der Waals surface area contributed by atoms with Crippen molar-refractivity contribution in [3.05, 3.63) is 72.8 Å². The topological polar surface area (TPSA) is 74.2 Å². The lowest BCUT2D eigenvalue weighted by molar-refractivity contribution is -0.121. The molecule has 0 amide bonds. The minimum atomic E-state index is -3.11. The molecule has 2 aliphatic heterocycles. The molecule has 1 saturated heterocycles. The highest BCUT2D eigenvalue weighted by molar-refractivity contribution is 6.98. The first-order valence-electron chi connectivity index (χ1n) is 13.8. The molecular formula is C31H42O6Si. The summed E-state index contributed by atoms with van der Waals surface area (Å²) in [4.78, 5) is 25.3. The highest BCUT2D eigenvalue weighted by atomic mass is 28.4. The van der Waals surface area contributed by atoms with E-state index >= 15 is 0 Å². The summed E-state index contributed by atoms with van der Waals surface area (Å²) in [5.41, 5.74) is 0. The number of rotatable bonds is 13. The molecule has 2 heterocycles. The number of ketones is 1. The van der Waals surface area contributed by atoms with E-state index in [0.717, 1.165) is 23.2 Å². The molecule has 4 rings (SSSR count). The lowest BCUT2D eigenvalue weighted by Gasteiger charge is -2.41. The van der Waals surface area contributed by atoms with Gasteiger partial charge >= 0.3 is 0 Å². The molecule has 2 aromatic rings. The van der Waals surface area contributed by atoms with E-state index in [0.29, 0.717) is 38.9 Å². The number of methoxy groups -OCH3 is 1. The van der Waals surface area contributed by atoms with Crippen LogP contribution in [0.3, 0.4) is 0 Å². The summed E-state index contributed by atoms with van der Waals surface area (Å²) >= 11 is 0. The molecule has 0 radical (unpaired) electrons. The van der Waals surface area contributed by atoms with Crippen molar-refractivity contribution in [3.8, 4) is 0 Å². The maximum absolute atomic E-state index is 13.0. The number of hydrogen-bond acceptors (Lipinski definition) is 6. The average molecular weight is 539 g/mol. The zero-order valence-electron chi connectivity index (χ0n) is 22.9. The SMILES string of the molecule is CO[C@H]1C=C[C@@H](CC2OCCO2)O[C@@H]1CCCC(=O)CCC(C)(C)[Si](O)(c1ccccc1)c1ccccc1. The van der Waals surface area contributed by atoms with Gasteiger partial charge < -0.3 is 23.7 Å². The highest BCUT2D eigenvalue weighted by Crippen LogP contribution is 2.40. The first-order chi connectivity index (χ1) is 18.3. The van der Waals surface area contributed by atoms with Gasteiger partial charge in [-0.3, -0.25) is 4.79 Å². The molecule has 2 aromatic carbocycles. The fourth-order valence-corrected chi connectivity index (χ4v) is 9.33. The van der Waals surface area contributed by atoms with Gasteiger partial charge in [-0.2, -0.15) is 0 Å². The Morgan fingerprint density at radius 3 is 2.16 bits per heavy atom. The Labute approximate surface area is 228 Å². The third kappa shape index (κ3) is 6.89. The Bertz CT molecular complexity index is 995. The van der Waals surface area contributed by atoms with Crippen LogP contribution in [-0.2, 0) is 23.7 Å². The third-order valence-corrected chi connectivity index (χ3v) is 12.5. The zero-order valence-corrected chi connectivity index (χ0v) is 23.9. The molecule has 1 fully saturated rings. The van der Waals surface area contributed by atoms with E-state index in [-0.39, 0.29) is 30.4 Å². The molecule has 0 aliphatic carbocycles. The molecule has 206 valence electrons. The van der Waals surface area contributed by atoms with Crippen molar-refractivity contribution < 1.29 is 28.5 Å². The van der Waals surface area contributed by atoms with Gasteiger partial charge in [-0.05, 0) is 34.7 Å². The molecule has 2 aliphatic rings. The van der Waals surface area contributed by atoms with Gasteiger partial charge in [0.15, 0.2) is 6.29 Å². The second-order valence-electron chi connectivity index (χ2n) is 11.0. The van der Waals surface area contributed by atoms with Crippen molar-refractivity contribution in [2.24, 2.45) is 0 Å². The van der Waals surface area contributed by atoms with Crippen LogP contribution in [0, 0.1) is 0 Å². The van der Waals surface area contributed by atoms with Gasteiger partial charge in [-0.1, -0.05) is 86.7 Å². The monoisotopic (exact) mass is 538 g/mol. The lowest BCUT2D eigenvalue weighted by Crippen LogP contribution is -2.65. The minimum Gasteiger partial charge on any atom is -0.424 e. The van der Waals surface area contributed by atoms with E-state index in [1.807, 2.05) is 66.7 Å². The van der Waals surface area contributed by atoms with Crippen LogP contribution in [0.15, 0.2) is 72.8 Å². The van der Waals surface area contributed by atoms with Crippen LogP contribution in [-0.4, -0.2) is 63.8 Å². The van der Waals surface area contributed by atoms with Gasteiger partial charge in [-0.25, -0.2) is 0 Å². The molecular weight excluding hydrogens is 496 g/mol. The summed E-state index contributed by atoms with van der Waals surface area (Å²) in [6.07, 6.45) is 7.26. The van der Waals surface area contributed by atoms with Crippen LogP contribution in [0.5, 0.6) is 0 Å². The standard InChI is InChI=1S/C31H42O6Si/c1-31(2,38(33,26-12-6-4-7-13-26)27-14-8-5-9-15-27)20-19-24(32)11-10-16-29-28(34-3)18-17-25(37-29)23-30-35-21-22-36-30/h4-9,12-15,17-18,25,28-30,33H,10-11,16,19-23H2,1-3H3/t25-,28-,29+/m0/s1. The van der Waals surface area contributed by atoms with Crippen molar-refractivity contribution in [2.75, 3.05) is 20.3 Å². The smallest absolute Gasteiger partial charge is 0.258 e. The Morgan fingerprint density at radius 1 is 0.974 bits per heavy atom. The second-order valence-corrected chi connectivity index (χ2v) is 14.9. The molecule has 0 saturated carbocycles. The number of ether oxygens (including phenoxy) is 4. The summed E-state index contributed by atoms with van der Waals surface area (Å²) in [7, 11) is -1.42. The molecule has 38 heavy (non-hydrogen) atoms. The third-order valence-electron chi connectivity index (χ3n) is 7.95. The highest BCUT2D eigenvalue weighted by Gasteiger charge is 2.49. The van der Waals surface area contributed by atoms with Crippen molar-refractivity contribution >= 4 is 24.5 Å². The molecule has 0 spiro atoms. The number of benzene rings is 2. The molecule has 7 heteroatoms. The Morgan fingerprint density at radius 2 is 1.58 bits per heavy atom. The maximum atomic E-state index is 13.0. The summed E-state index contributed by atoms with van der Waals surface area (Å²) in [5.74, 6) is 0.222. The van der Waals surface area contributed by atoms with E-state index in [9.17, 15) is 9.59 Å². The number of carbonyl (C=O) groups excluding carboxylic acids is 1. The lowest BCUT2D eigenvalue weighted by atomic mass is 9.98. The van der Waals surface area contributed by atoms with Crippen molar-refractivity contribution in [2.45, 2.75) is 82.0 Å². The van der Waals surface area contributed by atoms with E-state index in [4.69, 9.17) is 18.9 Å². The van der Waals surface area contributed by atoms with Gasteiger partial charge in [0.1, 0.15) is 11.9 Å². The Kier molecular flexibility index (Phi) is 10.1. The van der Waals surface area contributed by atoms with Gasteiger partial charge in [0.2, 0.25) is 0 Å². The van der Waals surface area contributed by atoms with Crippen LogP contribution >= 0.6 is 0 Å². The number of hydrogen-bond donors (Lipinski definition) is 1. The van der Waals surface area contributed by atoms with Gasteiger partial charge in [0, 0.05) is 26.4 Å². The first kappa shape index (κ1) is 28.9. The zero-order chi connectivity index (χ0) is 27.0. The molecule has 3 atom stereocenters. The van der Waals surface area contributed by atoms with Gasteiger partial charge in [0.05, 0.1) is 25.4 Å². The van der Waals surface area contributed by atoms with Crippen LogP contribution in [0.1, 0.15) is 52.4 Å². The van der Waals surface area contributed by atoms with Crippen molar-refractivity contribution in [3.63, 3.8) is 0 Å². The quantitative estimate of drug-likeness (QED) is 0.305. The van der Waals surface area contributed by atoms with Gasteiger partial charge in [-0.15, -0.1) is 0 Å². The summed E-state index contributed by atoms with van der Waals surface area (Å²) in [6, 6.07) is 19.9. The Hall–Kier alpha value is -2.13. The largest absolute Gasteiger partial charge is 0.424 e. The normalized spacial score (nSPS) is 22.6. The maximum Gasteiger partial charge on any atom is 0.258 e. The minimum absolute atomic E-state index is 0.0791. The molecule has 1 N–H and O–H groups in total. The molecule has 6 nitrogen and oxygen atoms in total. The van der Waals surface area contributed by atoms with Crippen molar-refractivity contribution in [1.29, 1.82) is 0 Å².